The number of halogens is 1. The molecule has 3 aliphatic carbocycles. The summed E-state index contributed by atoms with van der Waals surface area (Å²) in [7, 11) is -3.85. The van der Waals surface area contributed by atoms with Crippen molar-refractivity contribution in [2.45, 2.75) is 74.0 Å². The first-order chi connectivity index (χ1) is 24.1. The van der Waals surface area contributed by atoms with Crippen LogP contribution in [0.5, 0.6) is 0 Å². The Morgan fingerprint density at radius 3 is 2.42 bits per heavy atom. The number of thiazole rings is 1. The largest absolute Gasteiger partial charge is 0.390 e. The molecule has 0 bridgehead atoms. The van der Waals surface area contributed by atoms with E-state index in [9.17, 15) is 23.0 Å². The number of aliphatic hydroxyl groups excluding tert-OH is 2. The highest BCUT2D eigenvalue weighted by atomic mass is 32.2. The molecule has 3 aliphatic rings. The van der Waals surface area contributed by atoms with Crippen LogP contribution in [0.2, 0.25) is 0 Å². The normalized spacial score (nSPS) is 25.0. The Balaban J connectivity index is 1.06. The predicted molar refractivity (Wildman–Crippen MR) is 192 cm³/mol. The number of anilines is 2. The Hall–Kier alpha value is -4.04. The summed E-state index contributed by atoms with van der Waals surface area (Å²) in [5.74, 6) is 0.663. The van der Waals surface area contributed by atoms with Gasteiger partial charge >= 0.3 is 0 Å². The fraction of sp³-hybridized carbons (Fsp3) is 0.405. The van der Waals surface area contributed by atoms with Gasteiger partial charge in [-0.15, -0.1) is 11.3 Å². The van der Waals surface area contributed by atoms with E-state index in [4.69, 9.17) is 15.0 Å². The quantitative estimate of drug-likeness (QED) is 0.119. The van der Waals surface area contributed by atoms with Crippen LogP contribution >= 0.6 is 11.3 Å². The van der Waals surface area contributed by atoms with Crippen molar-refractivity contribution in [2.75, 3.05) is 22.9 Å². The second-order valence-corrected chi connectivity index (χ2v) is 17.0. The number of sulfone groups is 1. The molecular weight excluding hydrogens is 676 g/mol. The molecule has 4 atom stereocenters. The number of aryl methyl sites for hydroxylation is 1. The highest BCUT2D eigenvalue weighted by Crippen LogP contribution is 2.45. The lowest BCUT2D eigenvalue weighted by molar-refractivity contribution is 0.0216. The van der Waals surface area contributed by atoms with Gasteiger partial charge in [0, 0.05) is 24.6 Å². The highest BCUT2D eigenvalue weighted by molar-refractivity contribution is 7.91. The maximum atomic E-state index is 13.5. The van der Waals surface area contributed by atoms with Gasteiger partial charge in [0.1, 0.15) is 28.3 Å². The van der Waals surface area contributed by atoms with E-state index in [1.54, 1.807) is 0 Å². The average Bonchev–Trinajstić information content (AvgIpc) is 3.79. The van der Waals surface area contributed by atoms with Crippen molar-refractivity contribution in [3.8, 4) is 10.6 Å². The zero-order valence-electron chi connectivity index (χ0n) is 27.5. The molecule has 0 aliphatic heterocycles. The predicted octanol–water partition coefficient (Wildman–Crippen LogP) is 6.08. The lowest BCUT2D eigenvalue weighted by Crippen LogP contribution is -2.36. The zero-order chi connectivity index (χ0) is 34.6. The van der Waals surface area contributed by atoms with Crippen molar-refractivity contribution >= 4 is 43.2 Å². The van der Waals surface area contributed by atoms with Crippen LogP contribution in [0.25, 0.3) is 20.8 Å². The van der Waals surface area contributed by atoms with Crippen molar-refractivity contribution in [3.05, 3.63) is 89.6 Å². The van der Waals surface area contributed by atoms with E-state index in [1.165, 1.54) is 29.0 Å². The molecule has 0 radical (unpaired) electrons. The first-order valence-corrected chi connectivity index (χ1v) is 19.6. The minimum Gasteiger partial charge on any atom is -0.390 e. The van der Waals surface area contributed by atoms with Crippen LogP contribution in [0.1, 0.15) is 60.9 Å². The van der Waals surface area contributed by atoms with Gasteiger partial charge in [-0.3, -0.25) is 4.98 Å². The lowest BCUT2D eigenvalue weighted by atomic mass is 9.71. The summed E-state index contributed by atoms with van der Waals surface area (Å²) in [5, 5.41) is 29.8. The molecule has 8 rings (SSSR count). The third kappa shape index (κ3) is 6.59. The number of benzene rings is 2. The van der Waals surface area contributed by atoms with Crippen LogP contribution in [0.15, 0.2) is 71.8 Å². The van der Waals surface area contributed by atoms with Crippen LogP contribution in [-0.4, -0.2) is 69.1 Å². The SMILES string of the molecule is Cc1nc(NCC2CC(c3ccccc3)C2)nc(N[C@@H]2C[C@H](CS(=O)(=O)c3ccc(F)cc3)[C@@H](O)[C@H]2O)c1-c1nc2c(C3CC3)nccc2s1. The van der Waals surface area contributed by atoms with Gasteiger partial charge in [-0.05, 0) is 86.8 Å². The molecule has 50 heavy (non-hydrogen) atoms. The summed E-state index contributed by atoms with van der Waals surface area (Å²) in [6.45, 7) is 2.62. The molecule has 5 aromatic rings. The van der Waals surface area contributed by atoms with E-state index < -0.39 is 45.6 Å². The van der Waals surface area contributed by atoms with Crippen molar-refractivity contribution < 1.29 is 23.0 Å². The molecule has 4 N–H and O–H groups in total. The number of rotatable bonds is 11. The van der Waals surface area contributed by atoms with E-state index in [1.807, 2.05) is 25.3 Å². The van der Waals surface area contributed by atoms with Crippen LogP contribution in [0.4, 0.5) is 16.2 Å². The first kappa shape index (κ1) is 33.1. The van der Waals surface area contributed by atoms with Crippen molar-refractivity contribution in [3.63, 3.8) is 0 Å². The number of nitrogens with one attached hydrogen (secondary N) is 2. The van der Waals surface area contributed by atoms with E-state index in [0.29, 0.717) is 47.3 Å². The third-order valence-electron chi connectivity index (χ3n) is 10.4. The third-order valence-corrected chi connectivity index (χ3v) is 13.3. The van der Waals surface area contributed by atoms with Gasteiger partial charge in [-0.1, -0.05) is 30.3 Å². The Bertz CT molecular complexity index is 2120. The van der Waals surface area contributed by atoms with Crippen LogP contribution < -0.4 is 10.6 Å². The number of nitrogens with zero attached hydrogens (tertiary/aromatic N) is 4. The van der Waals surface area contributed by atoms with Crippen LogP contribution in [0, 0.1) is 24.6 Å². The van der Waals surface area contributed by atoms with Gasteiger partial charge in [-0.25, -0.2) is 22.8 Å². The summed E-state index contributed by atoms with van der Waals surface area (Å²) >= 11 is 1.53. The summed E-state index contributed by atoms with van der Waals surface area (Å²) in [5.41, 5.74) is 4.64. The lowest BCUT2D eigenvalue weighted by Gasteiger charge is -2.35. The Labute approximate surface area is 294 Å². The smallest absolute Gasteiger partial charge is 0.224 e. The summed E-state index contributed by atoms with van der Waals surface area (Å²) in [6.07, 6.45) is 3.81. The molecule has 0 amide bonds. The second-order valence-electron chi connectivity index (χ2n) is 14.0. The molecule has 0 saturated heterocycles. The molecule has 2 aromatic carbocycles. The number of hydrogen-bond acceptors (Lipinski definition) is 11. The molecule has 3 aromatic heterocycles. The van der Waals surface area contributed by atoms with E-state index >= 15 is 0 Å². The van der Waals surface area contributed by atoms with Gasteiger partial charge in [0.15, 0.2) is 9.84 Å². The minimum absolute atomic E-state index is 0.0288. The highest BCUT2D eigenvalue weighted by Gasteiger charge is 2.44. The maximum absolute atomic E-state index is 13.5. The number of aliphatic hydroxyl groups is 2. The Morgan fingerprint density at radius 1 is 0.920 bits per heavy atom. The summed E-state index contributed by atoms with van der Waals surface area (Å²) < 4.78 is 40.9. The summed E-state index contributed by atoms with van der Waals surface area (Å²) in [4.78, 5) is 19.4. The fourth-order valence-corrected chi connectivity index (χ4v) is 10.1. The number of pyridine rings is 1. The van der Waals surface area contributed by atoms with Gasteiger partial charge in [0.05, 0.1) is 44.4 Å². The van der Waals surface area contributed by atoms with E-state index in [-0.39, 0.29) is 11.3 Å². The number of aromatic nitrogens is 4. The van der Waals surface area contributed by atoms with Gasteiger partial charge < -0.3 is 20.8 Å². The molecule has 3 saturated carbocycles. The minimum atomic E-state index is -3.85. The summed E-state index contributed by atoms with van der Waals surface area (Å²) in [6, 6.07) is 16.5. The van der Waals surface area contributed by atoms with Crippen molar-refractivity contribution in [2.24, 2.45) is 11.8 Å². The number of fused-ring (bicyclic) bond motifs is 1. The standard InChI is InChI=1S/C37H39FN6O4S2/c1-20-30(36-43-32-29(49-36)13-14-39-31(32)23-7-8-23)35(44-37(41-20)40-18-21-15-24(16-21)22-5-3-2-4-6-22)42-28-17-25(33(45)34(28)46)19-50(47,48)27-11-9-26(38)10-12-27/h2-6,9-14,21,23-25,28,33-34,45-46H,7-8,15-19H2,1H3,(H2,40,41,42,44)/t21?,24?,25-,28-,33-,34+/m1/s1. The fourth-order valence-electron chi connectivity index (χ4n) is 7.41. The van der Waals surface area contributed by atoms with Gasteiger partial charge in [-0.2, -0.15) is 4.98 Å². The molecule has 3 heterocycles. The zero-order valence-corrected chi connectivity index (χ0v) is 29.2. The van der Waals surface area contributed by atoms with Crippen molar-refractivity contribution in [1.29, 1.82) is 0 Å². The first-order valence-electron chi connectivity index (χ1n) is 17.2. The molecule has 10 nitrogen and oxygen atoms in total. The number of hydrogen-bond donors (Lipinski definition) is 4. The van der Waals surface area contributed by atoms with E-state index in [2.05, 4.69) is 39.9 Å². The molecule has 3 fully saturated rings. The molecule has 260 valence electrons. The second kappa shape index (κ2) is 13.3. The Morgan fingerprint density at radius 2 is 1.68 bits per heavy atom. The van der Waals surface area contributed by atoms with Crippen LogP contribution in [0.3, 0.4) is 0 Å². The molecule has 0 unspecified atom stereocenters. The monoisotopic (exact) mass is 714 g/mol. The maximum Gasteiger partial charge on any atom is 0.224 e. The van der Waals surface area contributed by atoms with Crippen molar-refractivity contribution in [1.82, 2.24) is 19.9 Å². The van der Waals surface area contributed by atoms with Gasteiger partial charge in [0.2, 0.25) is 5.95 Å². The van der Waals surface area contributed by atoms with Crippen LogP contribution in [-0.2, 0) is 9.84 Å². The Kier molecular flexibility index (Phi) is 8.78. The topological polar surface area (TPSA) is 150 Å². The molecule has 13 heteroatoms. The van der Waals surface area contributed by atoms with E-state index in [0.717, 1.165) is 58.7 Å². The molecular formula is C37H39FN6O4S2. The van der Waals surface area contributed by atoms with Gasteiger partial charge in [0.25, 0.3) is 0 Å². The average molecular weight is 715 g/mol. The molecule has 0 spiro atoms.